The van der Waals surface area contributed by atoms with E-state index in [0.29, 0.717) is 0 Å². The van der Waals surface area contributed by atoms with Crippen molar-refractivity contribution in [2.75, 3.05) is 6.61 Å². The zero-order chi connectivity index (χ0) is 8.91. The highest BCUT2D eigenvalue weighted by Crippen LogP contribution is 2.19. The van der Waals surface area contributed by atoms with E-state index >= 15 is 0 Å². The summed E-state index contributed by atoms with van der Waals surface area (Å²) in [5.41, 5.74) is -0.0323. The lowest BCUT2D eigenvalue weighted by Gasteiger charge is -2.19. The molecular formula is C7H14O4. The molecule has 0 unspecified atom stereocenters. The van der Waals surface area contributed by atoms with Gasteiger partial charge in [-0.05, 0) is 11.8 Å². The summed E-state index contributed by atoms with van der Waals surface area (Å²) >= 11 is 0. The van der Waals surface area contributed by atoms with Gasteiger partial charge in [-0.2, -0.15) is 4.89 Å². The second-order valence-corrected chi connectivity index (χ2v) is 3.13. The average molecular weight is 162 g/mol. The molecule has 4 nitrogen and oxygen atoms in total. The van der Waals surface area contributed by atoms with Crippen molar-refractivity contribution in [1.29, 1.82) is 0 Å². The Labute approximate surface area is 66.0 Å². The highest BCUT2D eigenvalue weighted by molar-refractivity contribution is 5.55. The number of carboxylic acid groups (broad SMARTS) is 1. The second kappa shape index (κ2) is 4.18. The lowest BCUT2D eigenvalue weighted by molar-refractivity contribution is -0.266. The first-order chi connectivity index (χ1) is 4.98. The van der Waals surface area contributed by atoms with E-state index in [1.165, 1.54) is 0 Å². The van der Waals surface area contributed by atoms with Crippen LogP contribution < -0.4 is 0 Å². The van der Waals surface area contributed by atoms with Gasteiger partial charge in [-0.1, -0.05) is 20.8 Å². The summed E-state index contributed by atoms with van der Waals surface area (Å²) in [6, 6.07) is 0. The standard InChI is InChI=1S/C7H14O4/c1-4-7(2,3)5-10-11-6(8)9/h4-5H2,1-3H3,(H,8,9). The number of hydrogen-bond acceptors (Lipinski definition) is 3. The molecule has 0 aliphatic heterocycles. The SMILES string of the molecule is CCC(C)(C)COOC(=O)O. The predicted octanol–water partition coefficient (Wildman–Crippen LogP) is 2.05. The van der Waals surface area contributed by atoms with E-state index in [1.807, 2.05) is 20.8 Å². The van der Waals surface area contributed by atoms with Gasteiger partial charge in [0.05, 0.1) is 6.61 Å². The lowest BCUT2D eigenvalue weighted by atomic mass is 9.92. The summed E-state index contributed by atoms with van der Waals surface area (Å²) in [4.78, 5) is 18.2. The van der Waals surface area contributed by atoms with Gasteiger partial charge in [-0.3, -0.25) is 4.89 Å². The van der Waals surface area contributed by atoms with Crippen LogP contribution in [-0.4, -0.2) is 17.9 Å². The molecule has 0 aromatic rings. The van der Waals surface area contributed by atoms with Gasteiger partial charge >= 0.3 is 6.16 Å². The number of rotatable bonds is 4. The first-order valence-corrected chi connectivity index (χ1v) is 3.50. The van der Waals surface area contributed by atoms with E-state index in [-0.39, 0.29) is 12.0 Å². The van der Waals surface area contributed by atoms with E-state index in [4.69, 9.17) is 5.11 Å². The Hall–Kier alpha value is -0.770. The molecular weight excluding hydrogens is 148 g/mol. The van der Waals surface area contributed by atoms with Gasteiger partial charge in [0.15, 0.2) is 0 Å². The normalized spacial score (nSPS) is 11.2. The zero-order valence-electron chi connectivity index (χ0n) is 7.09. The van der Waals surface area contributed by atoms with Gasteiger partial charge in [0.1, 0.15) is 0 Å². The monoisotopic (exact) mass is 162 g/mol. The molecule has 0 fully saturated rings. The third kappa shape index (κ3) is 5.66. The average Bonchev–Trinajstić information content (AvgIpc) is 1.87. The first kappa shape index (κ1) is 10.2. The van der Waals surface area contributed by atoms with Crippen molar-refractivity contribution in [2.24, 2.45) is 5.41 Å². The van der Waals surface area contributed by atoms with Crippen LogP contribution in [0.2, 0.25) is 0 Å². The Morgan fingerprint density at radius 2 is 2.09 bits per heavy atom. The van der Waals surface area contributed by atoms with E-state index in [2.05, 4.69) is 9.78 Å². The van der Waals surface area contributed by atoms with Crippen molar-refractivity contribution in [3.8, 4) is 0 Å². The van der Waals surface area contributed by atoms with Gasteiger partial charge in [0, 0.05) is 0 Å². The number of carbonyl (C=O) groups is 1. The minimum Gasteiger partial charge on any atom is -0.448 e. The Kier molecular flexibility index (Phi) is 3.89. The molecule has 0 atom stereocenters. The quantitative estimate of drug-likeness (QED) is 0.507. The minimum atomic E-state index is -1.41. The molecule has 0 aromatic heterocycles. The fourth-order valence-corrected chi connectivity index (χ4v) is 0.341. The molecule has 0 rings (SSSR count). The molecule has 0 spiro atoms. The van der Waals surface area contributed by atoms with Crippen LogP contribution in [0.4, 0.5) is 4.79 Å². The van der Waals surface area contributed by atoms with Gasteiger partial charge in [-0.15, -0.1) is 0 Å². The fraction of sp³-hybridized carbons (Fsp3) is 0.857. The van der Waals surface area contributed by atoms with Crippen molar-refractivity contribution >= 4 is 6.16 Å². The molecule has 11 heavy (non-hydrogen) atoms. The summed E-state index contributed by atoms with van der Waals surface area (Å²) in [6.45, 7) is 6.23. The van der Waals surface area contributed by atoms with Crippen molar-refractivity contribution in [1.82, 2.24) is 0 Å². The van der Waals surface area contributed by atoms with Crippen LogP contribution in [0, 0.1) is 5.41 Å². The van der Waals surface area contributed by atoms with Crippen molar-refractivity contribution < 1.29 is 19.7 Å². The van der Waals surface area contributed by atoms with Crippen LogP contribution in [0.1, 0.15) is 27.2 Å². The van der Waals surface area contributed by atoms with Gasteiger partial charge in [0.25, 0.3) is 0 Å². The minimum absolute atomic E-state index is 0.0323. The third-order valence-corrected chi connectivity index (χ3v) is 1.54. The van der Waals surface area contributed by atoms with Gasteiger partial charge < -0.3 is 5.11 Å². The van der Waals surface area contributed by atoms with Crippen molar-refractivity contribution in [2.45, 2.75) is 27.2 Å². The zero-order valence-corrected chi connectivity index (χ0v) is 7.09. The van der Waals surface area contributed by atoms with E-state index in [9.17, 15) is 4.79 Å². The smallest absolute Gasteiger partial charge is 0.448 e. The van der Waals surface area contributed by atoms with Crippen LogP contribution in [-0.2, 0) is 9.78 Å². The van der Waals surface area contributed by atoms with Crippen molar-refractivity contribution in [3.63, 3.8) is 0 Å². The molecule has 0 heterocycles. The van der Waals surface area contributed by atoms with Gasteiger partial charge in [-0.25, -0.2) is 4.79 Å². The Balaban J connectivity index is 3.45. The molecule has 0 aliphatic rings. The highest BCUT2D eigenvalue weighted by Gasteiger charge is 2.16. The van der Waals surface area contributed by atoms with E-state index in [0.717, 1.165) is 6.42 Å². The summed E-state index contributed by atoms with van der Waals surface area (Å²) in [5, 5.41) is 8.04. The summed E-state index contributed by atoms with van der Waals surface area (Å²) in [5.74, 6) is 0. The molecule has 0 saturated heterocycles. The third-order valence-electron chi connectivity index (χ3n) is 1.54. The van der Waals surface area contributed by atoms with E-state index in [1.54, 1.807) is 0 Å². The first-order valence-electron chi connectivity index (χ1n) is 3.50. The number of hydrogen-bond donors (Lipinski definition) is 1. The van der Waals surface area contributed by atoms with Crippen LogP contribution >= 0.6 is 0 Å². The predicted molar refractivity (Wildman–Crippen MR) is 39.1 cm³/mol. The summed E-state index contributed by atoms with van der Waals surface area (Å²) < 4.78 is 0. The summed E-state index contributed by atoms with van der Waals surface area (Å²) in [7, 11) is 0. The Morgan fingerprint density at radius 1 is 1.55 bits per heavy atom. The lowest BCUT2D eigenvalue weighted by Crippen LogP contribution is -2.19. The Morgan fingerprint density at radius 3 is 2.45 bits per heavy atom. The molecule has 0 bridgehead atoms. The Bertz CT molecular complexity index is 130. The fourth-order valence-electron chi connectivity index (χ4n) is 0.341. The van der Waals surface area contributed by atoms with Crippen LogP contribution in [0.5, 0.6) is 0 Å². The second-order valence-electron chi connectivity index (χ2n) is 3.13. The van der Waals surface area contributed by atoms with Crippen LogP contribution in [0.15, 0.2) is 0 Å². The highest BCUT2D eigenvalue weighted by atomic mass is 17.2. The molecule has 0 amide bonds. The molecule has 0 saturated carbocycles. The van der Waals surface area contributed by atoms with E-state index < -0.39 is 6.16 Å². The molecule has 0 aliphatic carbocycles. The molecule has 0 aromatic carbocycles. The molecule has 0 radical (unpaired) electrons. The summed E-state index contributed by atoms with van der Waals surface area (Å²) in [6.07, 6.45) is -0.493. The largest absolute Gasteiger partial charge is 0.537 e. The maximum absolute atomic E-state index is 9.83. The topological polar surface area (TPSA) is 55.8 Å². The van der Waals surface area contributed by atoms with Crippen LogP contribution in [0.3, 0.4) is 0 Å². The van der Waals surface area contributed by atoms with Gasteiger partial charge in [0.2, 0.25) is 0 Å². The molecule has 4 heteroatoms. The maximum atomic E-state index is 9.83. The molecule has 66 valence electrons. The molecule has 1 N–H and O–H groups in total. The maximum Gasteiger partial charge on any atom is 0.537 e. The van der Waals surface area contributed by atoms with Crippen molar-refractivity contribution in [3.05, 3.63) is 0 Å². The van der Waals surface area contributed by atoms with Crippen LogP contribution in [0.25, 0.3) is 0 Å².